The molecule has 3 N–H and O–H groups in total. The zero-order valence-electron chi connectivity index (χ0n) is 10.4. The highest BCUT2D eigenvalue weighted by atomic mass is 32.2. The van der Waals surface area contributed by atoms with Crippen LogP contribution in [-0.4, -0.2) is 29.0 Å². The monoisotopic (exact) mass is 254 g/mol. The third-order valence-corrected chi connectivity index (χ3v) is 4.82. The van der Waals surface area contributed by atoms with Crippen molar-refractivity contribution in [1.82, 2.24) is 5.32 Å². The number of carbonyl (C=O) groups is 1. The van der Waals surface area contributed by atoms with Crippen LogP contribution in [0, 0.1) is 5.92 Å². The van der Waals surface area contributed by atoms with E-state index >= 15 is 0 Å². The molecule has 0 radical (unpaired) electrons. The summed E-state index contributed by atoms with van der Waals surface area (Å²) < 4.78 is 0. The average molecular weight is 254 g/mol. The highest BCUT2D eigenvalue weighted by Crippen LogP contribution is 2.30. The fourth-order valence-electron chi connectivity index (χ4n) is 2.69. The van der Waals surface area contributed by atoms with E-state index in [-0.39, 0.29) is 17.9 Å². The van der Waals surface area contributed by atoms with Crippen LogP contribution in [0.4, 0.5) is 0 Å². The summed E-state index contributed by atoms with van der Waals surface area (Å²) in [5.74, 6) is 1.34. The van der Waals surface area contributed by atoms with Crippen molar-refractivity contribution in [2.75, 3.05) is 5.75 Å². The van der Waals surface area contributed by atoms with Crippen molar-refractivity contribution in [1.29, 1.82) is 0 Å². The van der Waals surface area contributed by atoms with Gasteiger partial charge in [-0.05, 0) is 31.4 Å². The minimum absolute atomic E-state index is 0.00267. The molecule has 3 nitrogen and oxygen atoms in total. The second-order valence-corrected chi connectivity index (χ2v) is 6.56. The molecule has 2 aliphatic rings. The number of hydrogen-bond acceptors (Lipinski definition) is 3. The van der Waals surface area contributed by atoms with Crippen LogP contribution in [0.25, 0.3) is 0 Å². The fraction of sp³-hybridized carbons (Fsp3) is 0.769. The maximum absolute atomic E-state index is 12.0. The van der Waals surface area contributed by atoms with Gasteiger partial charge < -0.3 is 11.1 Å². The highest BCUT2D eigenvalue weighted by Gasteiger charge is 2.29. The summed E-state index contributed by atoms with van der Waals surface area (Å²) in [5.41, 5.74) is 5.76. The van der Waals surface area contributed by atoms with Crippen LogP contribution in [0.3, 0.4) is 0 Å². The number of thioether (sulfide) groups is 1. The van der Waals surface area contributed by atoms with E-state index in [0.29, 0.717) is 6.04 Å². The Kier molecular flexibility index (Phi) is 4.51. The maximum atomic E-state index is 12.0. The Morgan fingerprint density at radius 1 is 1.41 bits per heavy atom. The average Bonchev–Trinajstić information content (AvgIpc) is 2.88. The third kappa shape index (κ3) is 3.49. The zero-order valence-corrected chi connectivity index (χ0v) is 11.2. The van der Waals surface area contributed by atoms with Gasteiger partial charge in [0.05, 0.1) is 5.92 Å². The molecule has 0 bridgehead atoms. The van der Waals surface area contributed by atoms with Crippen LogP contribution >= 0.6 is 11.8 Å². The molecule has 4 atom stereocenters. The molecular weight excluding hydrogens is 232 g/mol. The van der Waals surface area contributed by atoms with Gasteiger partial charge in [0.1, 0.15) is 0 Å². The zero-order chi connectivity index (χ0) is 12.3. The molecule has 0 heterocycles. The van der Waals surface area contributed by atoms with Gasteiger partial charge in [0.15, 0.2) is 0 Å². The van der Waals surface area contributed by atoms with Crippen molar-refractivity contribution in [3.05, 3.63) is 12.2 Å². The highest BCUT2D eigenvalue weighted by molar-refractivity contribution is 7.99. The van der Waals surface area contributed by atoms with Crippen molar-refractivity contribution < 1.29 is 4.79 Å². The molecule has 0 aromatic rings. The number of nitrogens with two attached hydrogens (primary N) is 1. The SMILES string of the molecule is CCSC1CCC(NC(=O)C2C=CC(N)C2)C1. The molecule has 0 spiro atoms. The lowest BCUT2D eigenvalue weighted by molar-refractivity contribution is -0.124. The lowest BCUT2D eigenvalue weighted by Crippen LogP contribution is -2.37. The smallest absolute Gasteiger partial charge is 0.227 e. The molecule has 2 rings (SSSR count). The minimum atomic E-state index is 0.00267. The van der Waals surface area contributed by atoms with E-state index in [2.05, 4.69) is 12.2 Å². The summed E-state index contributed by atoms with van der Waals surface area (Å²) >= 11 is 2.02. The van der Waals surface area contributed by atoms with E-state index in [1.54, 1.807) is 0 Å². The molecule has 1 amide bonds. The summed E-state index contributed by atoms with van der Waals surface area (Å²) in [6.45, 7) is 2.20. The second kappa shape index (κ2) is 5.91. The maximum Gasteiger partial charge on any atom is 0.227 e. The first-order valence-electron chi connectivity index (χ1n) is 6.55. The molecule has 0 aromatic carbocycles. The number of rotatable bonds is 4. The van der Waals surface area contributed by atoms with E-state index in [1.807, 2.05) is 23.9 Å². The molecule has 2 aliphatic carbocycles. The minimum Gasteiger partial charge on any atom is -0.353 e. The van der Waals surface area contributed by atoms with Gasteiger partial charge in [0.2, 0.25) is 5.91 Å². The first-order chi connectivity index (χ1) is 8.19. The molecule has 1 fully saturated rings. The van der Waals surface area contributed by atoms with Gasteiger partial charge in [0.25, 0.3) is 0 Å². The summed E-state index contributed by atoms with van der Waals surface area (Å²) in [4.78, 5) is 12.0. The molecule has 17 heavy (non-hydrogen) atoms. The Bertz CT molecular complexity index is 306. The van der Waals surface area contributed by atoms with Gasteiger partial charge in [-0.1, -0.05) is 19.1 Å². The predicted molar refractivity (Wildman–Crippen MR) is 72.9 cm³/mol. The Labute approximate surface area is 108 Å². The molecule has 0 aliphatic heterocycles. The van der Waals surface area contributed by atoms with E-state index in [4.69, 9.17) is 5.73 Å². The summed E-state index contributed by atoms with van der Waals surface area (Å²) in [7, 11) is 0. The summed E-state index contributed by atoms with van der Waals surface area (Å²) in [5, 5.41) is 3.91. The Morgan fingerprint density at radius 3 is 2.88 bits per heavy atom. The van der Waals surface area contributed by atoms with Crippen LogP contribution in [0.5, 0.6) is 0 Å². The second-order valence-electron chi connectivity index (χ2n) is 4.99. The molecular formula is C13H22N2OS. The van der Waals surface area contributed by atoms with Crippen LogP contribution in [0.2, 0.25) is 0 Å². The Balaban J connectivity index is 1.75. The lowest BCUT2D eigenvalue weighted by Gasteiger charge is -2.16. The quantitative estimate of drug-likeness (QED) is 0.751. The molecule has 1 saturated carbocycles. The van der Waals surface area contributed by atoms with Gasteiger partial charge in [-0.3, -0.25) is 4.79 Å². The van der Waals surface area contributed by atoms with Crippen molar-refractivity contribution in [2.24, 2.45) is 11.7 Å². The van der Waals surface area contributed by atoms with Crippen LogP contribution in [0.15, 0.2) is 12.2 Å². The van der Waals surface area contributed by atoms with Gasteiger partial charge in [-0.25, -0.2) is 0 Å². The van der Waals surface area contributed by atoms with Crippen molar-refractivity contribution in [3.8, 4) is 0 Å². The van der Waals surface area contributed by atoms with Crippen LogP contribution in [-0.2, 0) is 4.79 Å². The normalized spacial score (nSPS) is 36.4. The molecule has 4 heteroatoms. The lowest BCUT2D eigenvalue weighted by atomic mass is 10.1. The largest absolute Gasteiger partial charge is 0.353 e. The van der Waals surface area contributed by atoms with Crippen molar-refractivity contribution in [2.45, 2.75) is 49.9 Å². The number of nitrogens with one attached hydrogen (secondary N) is 1. The summed E-state index contributed by atoms with van der Waals surface area (Å²) in [6.07, 6.45) is 8.16. The number of amides is 1. The topological polar surface area (TPSA) is 55.1 Å². The number of hydrogen-bond donors (Lipinski definition) is 2. The van der Waals surface area contributed by atoms with Gasteiger partial charge in [-0.2, -0.15) is 11.8 Å². The molecule has 96 valence electrons. The van der Waals surface area contributed by atoms with Crippen LogP contribution in [0.1, 0.15) is 32.6 Å². The van der Waals surface area contributed by atoms with E-state index in [1.165, 1.54) is 12.2 Å². The fourth-order valence-corrected chi connectivity index (χ4v) is 3.83. The van der Waals surface area contributed by atoms with Crippen molar-refractivity contribution >= 4 is 17.7 Å². The third-order valence-electron chi connectivity index (χ3n) is 3.59. The van der Waals surface area contributed by atoms with Crippen LogP contribution < -0.4 is 11.1 Å². The van der Waals surface area contributed by atoms with Gasteiger partial charge in [-0.15, -0.1) is 0 Å². The van der Waals surface area contributed by atoms with E-state index in [0.717, 1.165) is 24.5 Å². The van der Waals surface area contributed by atoms with Crippen molar-refractivity contribution in [3.63, 3.8) is 0 Å². The van der Waals surface area contributed by atoms with E-state index in [9.17, 15) is 4.79 Å². The summed E-state index contributed by atoms with van der Waals surface area (Å²) in [6, 6.07) is 0.453. The first-order valence-corrected chi connectivity index (χ1v) is 7.59. The molecule has 4 unspecified atom stereocenters. The Hall–Kier alpha value is -0.480. The first kappa shape index (κ1) is 13.0. The molecule has 0 saturated heterocycles. The standard InChI is InChI=1S/C13H22N2OS/c1-2-17-12-6-5-11(8-12)15-13(16)9-3-4-10(14)7-9/h3-4,9-12H,2,5-8,14H2,1H3,(H,15,16). The predicted octanol–water partition coefficient (Wildman–Crippen LogP) is 1.68. The van der Waals surface area contributed by atoms with E-state index < -0.39 is 0 Å². The number of carbonyl (C=O) groups excluding carboxylic acids is 1. The van der Waals surface area contributed by atoms with Gasteiger partial charge in [0, 0.05) is 17.3 Å². The van der Waals surface area contributed by atoms with Gasteiger partial charge >= 0.3 is 0 Å². The Morgan fingerprint density at radius 2 is 2.24 bits per heavy atom. The molecule has 0 aromatic heterocycles.